The van der Waals surface area contributed by atoms with Crippen molar-refractivity contribution in [1.82, 2.24) is 0 Å². The lowest BCUT2D eigenvalue weighted by Gasteiger charge is -2.55. The van der Waals surface area contributed by atoms with Gasteiger partial charge in [-0.05, 0) is 25.7 Å². The summed E-state index contributed by atoms with van der Waals surface area (Å²) < 4.78 is 0. The summed E-state index contributed by atoms with van der Waals surface area (Å²) in [6.07, 6.45) is 2.63. The van der Waals surface area contributed by atoms with Gasteiger partial charge in [0.2, 0.25) is 11.8 Å². The molecule has 6 N–H and O–H groups in total. The third kappa shape index (κ3) is 2.35. The third-order valence-corrected chi connectivity index (χ3v) is 6.08. The fraction of sp³-hybridized carbons (Fsp3) is 0.750. The summed E-state index contributed by atoms with van der Waals surface area (Å²) in [4.78, 5) is 48.7. The van der Waals surface area contributed by atoms with Crippen molar-refractivity contribution in [2.45, 2.75) is 51.4 Å². The lowest BCUT2D eigenvalue weighted by atomic mass is 9.45. The van der Waals surface area contributed by atoms with Crippen LogP contribution in [0.1, 0.15) is 51.4 Å². The second-order valence-electron chi connectivity index (χ2n) is 6.95. The van der Waals surface area contributed by atoms with Crippen LogP contribution in [0.4, 0.5) is 0 Å². The quantitative estimate of drug-likeness (QED) is 0.569. The molecule has 4 atom stereocenters. The van der Waals surface area contributed by atoms with Gasteiger partial charge < -0.3 is 21.7 Å². The molecule has 0 saturated heterocycles. The van der Waals surface area contributed by atoms with Crippen LogP contribution >= 0.6 is 0 Å². The summed E-state index contributed by atoms with van der Waals surface area (Å²) in [6.45, 7) is 0. The number of primary amides is 2. The number of amides is 2. The lowest BCUT2D eigenvalue weighted by molar-refractivity contribution is -0.193. The molecular weight excluding hydrogens is 316 g/mol. The van der Waals surface area contributed by atoms with E-state index in [9.17, 15) is 29.4 Å². The van der Waals surface area contributed by atoms with E-state index in [4.69, 9.17) is 11.5 Å². The standard InChI is InChI=1S/C16H24N2O6/c17-11(19)9-5-1-3-7-15(9,13(18)22)16(14(23)24)8-4-2-6-10(16)12(20)21/h9-10H,1-8H2,(H2,17,19)(H2,18,22)(H,20,21)(H,23,24). The molecule has 2 rings (SSSR count). The van der Waals surface area contributed by atoms with Crippen LogP contribution in [0.25, 0.3) is 0 Å². The molecule has 2 amide bonds. The number of nitrogens with two attached hydrogens (primary N) is 2. The van der Waals surface area contributed by atoms with Gasteiger partial charge in [-0.25, -0.2) is 0 Å². The number of carboxylic acid groups (broad SMARTS) is 2. The number of aliphatic carboxylic acids is 2. The molecule has 0 radical (unpaired) electrons. The Labute approximate surface area is 139 Å². The first kappa shape index (κ1) is 18.2. The molecule has 0 aromatic carbocycles. The van der Waals surface area contributed by atoms with Crippen LogP contribution in [-0.4, -0.2) is 34.0 Å². The van der Waals surface area contributed by atoms with E-state index in [2.05, 4.69) is 0 Å². The van der Waals surface area contributed by atoms with Gasteiger partial charge in [0.05, 0.1) is 22.7 Å². The Morgan fingerprint density at radius 2 is 1.29 bits per heavy atom. The molecular formula is C16H24N2O6. The van der Waals surface area contributed by atoms with Crippen molar-refractivity contribution in [2.24, 2.45) is 34.1 Å². The highest BCUT2D eigenvalue weighted by atomic mass is 16.4. The van der Waals surface area contributed by atoms with Gasteiger partial charge in [-0.2, -0.15) is 0 Å². The van der Waals surface area contributed by atoms with Crippen LogP contribution < -0.4 is 11.5 Å². The Bertz CT molecular complexity index is 527. The zero-order valence-electron chi connectivity index (χ0n) is 13.5. The van der Waals surface area contributed by atoms with Crippen LogP contribution in [0.15, 0.2) is 0 Å². The van der Waals surface area contributed by atoms with E-state index in [-0.39, 0.29) is 25.7 Å². The van der Waals surface area contributed by atoms with E-state index < -0.39 is 46.4 Å². The maximum atomic E-state index is 12.5. The van der Waals surface area contributed by atoms with Gasteiger partial charge in [0.1, 0.15) is 0 Å². The van der Waals surface area contributed by atoms with Crippen LogP contribution in [0.3, 0.4) is 0 Å². The topological polar surface area (TPSA) is 161 Å². The van der Waals surface area contributed by atoms with Crippen molar-refractivity contribution in [1.29, 1.82) is 0 Å². The van der Waals surface area contributed by atoms with E-state index in [1.807, 2.05) is 0 Å². The summed E-state index contributed by atoms with van der Waals surface area (Å²) in [5.74, 6) is -6.69. The van der Waals surface area contributed by atoms with Crippen LogP contribution in [0, 0.1) is 22.7 Å². The van der Waals surface area contributed by atoms with Gasteiger partial charge in [0.25, 0.3) is 0 Å². The smallest absolute Gasteiger partial charge is 0.311 e. The number of hydrogen-bond acceptors (Lipinski definition) is 4. The minimum Gasteiger partial charge on any atom is -0.481 e. The Kier molecular flexibility index (Phi) is 4.87. The molecule has 8 heteroatoms. The first-order chi connectivity index (χ1) is 11.2. The molecule has 0 bridgehead atoms. The number of carbonyl (C=O) groups is 4. The minimum atomic E-state index is -1.90. The fourth-order valence-corrected chi connectivity index (χ4v) is 5.09. The van der Waals surface area contributed by atoms with Crippen LogP contribution in [0.2, 0.25) is 0 Å². The van der Waals surface area contributed by atoms with Gasteiger partial charge in [-0.1, -0.05) is 25.7 Å². The molecule has 0 aliphatic heterocycles. The third-order valence-electron chi connectivity index (χ3n) is 6.08. The summed E-state index contributed by atoms with van der Waals surface area (Å²) in [5, 5.41) is 19.7. The van der Waals surface area contributed by atoms with Gasteiger partial charge in [-0.15, -0.1) is 0 Å². The molecule has 2 fully saturated rings. The number of carbonyl (C=O) groups excluding carboxylic acids is 2. The molecule has 24 heavy (non-hydrogen) atoms. The molecule has 0 spiro atoms. The Balaban J connectivity index is 2.76. The molecule has 0 aromatic rings. The predicted octanol–water partition coefficient (Wildman–Crippen LogP) is 0.479. The van der Waals surface area contributed by atoms with E-state index >= 15 is 0 Å². The second-order valence-corrected chi connectivity index (χ2v) is 6.95. The van der Waals surface area contributed by atoms with E-state index in [0.717, 1.165) is 0 Å². The largest absolute Gasteiger partial charge is 0.481 e. The molecule has 134 valence electrons. The van der Waals surface area contributed by atoms with E-state index in [1.54, 1.807) is 0 Å². The van der Waals surface area contributed by atoms with Crippen molar-refractivity contribution in [3.05, 3.63) is 0 Å². The molecule has 2 aliphatic carbocycles. The summed E-state index contributed by atoms with van der Waals surface area (Å²) in [7, 11) is 0. The second kappa shape index (κ2) is 6.41. The lowest BCUT2D eigenvalue weighted by Crippen LogP contribution is -2.66. The number of hydrogen-bond donors (Lipinski definition) is 4. The fourth-order valence-electron chi connectivity index (χ4n) is 5.09. The van der Waals surface area contributed by atoms with Crippen molar-refractivity contribution in [2.75, 3.05) is 0 Å². The highest BCUT2D eigenvalue weighted by Crippen LogP contribution is 2.61. The van der Waals surface area contributed by atoms with Gasteiger partial charge in [0, 0.05) is 0 Å². The zero-order chi connectivity index (χ0) is 18.1. The van der Waals surface area contributed by atoms with Crippen molar-refractivity contribution < 1.29 is 29.4 Å². The number of carboxylic acids is 2. The molecule has 8 nitrogen and oxygen atoms in total. The van der Waals surface area contributed by atoms with Gasteiger partial charge in [0.15, 0.2) is 0 Å². The number of rotatable bonds is 5. The predicted molar refractivity (Wildman–Crippen MR) is 82.4 cm³/mol. The average molecular weight is 340 g/mol. The zero-order valence-corrected chi connectivity index (χ0v) is 13.5. The van der Waals surface area contributed by atoms with E-state index in [1.165, 1.54) is 0 Å². The van der Waals surface area contributed by atoms with E-state index in [0.29, 0.717) is 25.7 Å². The monoisotopic (exact) mass is 340 g/mol. The van der Waals surface area contributed by atoms with Crippen LogP contribution in [-0.2, 0) is 19.2 Å². The Morgan fingerprint density at radius 1 is 0.792 bits per heavy atom. The first-order valence-corrected chi connectivity index (χ1v) is 8.27. The first-order valence-electron chi connectivity index (χ1n) is 8.27. The van der Waals surface area contributed by atoms with Crippen molar-refractivity contribution >= 4 is 23.8 Å². The molecule has 2 saturated carbocycles. The van der Waals surface area contributed by atoms with Crippen LogP contribution in [0.5, 0.6) is 0 Å². The minimum absolute atomic E-state index is 0.00597. The van der Waals surface area contributed by atoms with Crippen molar-refractivity contribution in [3.63, 3.8) is 0 Å². The Hall–Kier alpha value is -2.12. The highest BCUT2D eigenvalue weighted by molar-refractivity contribution is 5.97. The summed E-state index contributed by atoms with van der Waals surface area (Å²) in [5.41, 5.74) is 7.47. The van der Waals surface area contributed by atoms with Gasteiger partial charge in [-0.3, -0.25) is 19.2 Å². The summed E-state index contributed by atoms with van der Waals surface area (Å²) >= 11 is 0. The Morgan fingerprint density at radius 3 is 1.71 bits per heavy atom. The molecule has 0 aromatic heterocycles. The highest BCUT2D eigenvalue weighted by Gasteiger charge is 2.69. The molecule has 2 aliphatic rings. The van der Waals surface area contributed by atoms with Gasteiger partial charge >= 0.3 is 11.9 Å². The van der Waals surface area contributed by atoms with Crippen molar-refractivity contribution in [3.8, 4) is 0 Å². The average Bonchev–Trinajstić information content (AvgIpc) is 2.53. The molecule has 4 unspecified atom stereocenters. The normalized spacial score (nSPS) is 36.7. The maximum absolute atomic E-state index is 12.5. The summed E-state index contributed by atoms with van der Waals surface area (Å²) in [6, 6.07) is 0. The SMILES string of the molecule is NC(=O)C1CCCCC1(C(N)=O)C1(C(=O)O)CCCCC1C(=O)O. The maximum Gasteiger partial charge on any atom is 0.311 e. The molecule has 0 heterocycles.